The maximum Gasteiger partial charge on any atom is 0.316 e. The van der Waals surface area contributed by atoms with E-state index in [9.17, 15) is 4.79 Å². The Hall–Kier alpha value is -1.65. The van der Waals surface area contributed by atoms with Crippen LogP contribution < -0.4 is 4.74 Å². The predicted octanol–water partition coefficient (Wildman–Crippen LogP) is 1.25. The van der Waals surface area contributed by atoms with Crippen LogP contribution in [-0.4, -0.2) is 39.0 Å². The summed E-state index contributed by atoms with van der Waals surface area (Å²) in [6.45, 7) is 6.02. The Labute approximate surface area is 101 Å². The highest BCUT2D eigenvalue weighted by Gasteiger charge is 2.39. The molecule has 5 nitrogen and oxygen atoms in total. The molecule has 92 valence electrons. The van der Waals surface area contributed by atoms with E-state index in [1.807, 2.05) is 25.7 Å². The molecule has 0 N–H and O–H groups in total. The standard InChI is InChI=1S/C12H17N3O2/c1-8(2)15-9(3)10(7-11(15)16)17-12-13-5-4-6-14-12/h4-6,8-10H,7H2,1-3H3. The summed E-state index contributed by atoms with van der Waals surface area (Å²) in [5.74, 6) is 0.133. The molecule has 0 aromatic carbocycles. The minimum Gasteiger partial charge on any atom is -0.457 e. The first kappa shape index (κ1) is 11.8. The molecule has 1 aliphatic heterocycles. The van der Waals surface area contributed by atoms with E-state index in [1.165, 1.54) is 0 Å². The smallest absolute Gasteiger partial charge is 0.316 e. The number of carbonyl (C=O) groups excluding carboxylic acids is 1. The van der Waals surface area contributed by atoms with Gasteiger partial charge in [-0.1, -0.05) is 0 Å². The summed E-state index contributed by atoms with van der Waals surface area (Å²) in [5, 5.41) is 0. The topological polar surface area (TPSA) is 55.3 Å². The largest absolute Gasteiger partial charge is 0.457 e. The van der Waals surface area contributed by atoms with Gasteiger partial charge in [-0.05, 0) is 26.8 Å². The number of rotatable bonds is 3. The van der Waals surface area contributed by atoms with E-state index in [-0.39, 0.29) is 24.1 Å². The van der Waals surface area contributed by atoms with E-state index in [4.69, 9.17) is 4.74 Å². The molecule has 0 spiro atoms. The Kier molecular flexibility index (Phi) is 3.26. The third kappa shape index (κ3) is 2.38. The van der Waals surface area contributed by atoms with Crippen molar-refractivity contribution >= 4 is 5.91 Å². The fourth-order valence-corrected chi connectivity index (χ4v) is 2.23. The Balaban J connectivity index is 2.07. The molecule has 0 bridgehead atoms. The van der Waals surface area contributed by atoms with Gasteiger partial charge in [0.25, 0.3) is 0 Å². The SMILES string of the molecule is CC(C)N1C(=O)CC(Oc2ncccn2)C1C. The molecule has 1 amide bonds. The van der Waals surface area contributed by atoms with Gasteiger partial charge in [-0.25, -0.2) is 9.97 Å². The zero-order valence-electron chi connectivity index (χ0n) is 10.3. The van der Waals surface area contributed by atoms with Crippen LogP contribution in [0.15, 0.2) is 18.5 Å². The molecule has 1 aromatic heterocycles. The summed E-state index contributed by atoms with van der Waals surface area (Å²) < 4.78 is 5.65. The fraction of sp³-hybridized carbons (Fsp3) is 0.583. The Bertz CT molecular complexity index is 394. The lowest BCUT2D eigenvalue weighted by Crippen LogP contribution is -2.41. The highest BCUT2D eigenvalue weighted by atomic mass is 16.5. The third-order valence-electron chi connectivity index (χ3n) is 3.00. The van der Waals surface area contributed by atoms with Crippen molar-refractivity contribution in [3.05, 3.63) is 18.5 Å². The molecule has 1 aromatic rings. The lowest BCUT2D eigenvalue weighted by Gasteiger charge is -2.27. The second-order valence-electron chi connectivity index (χ2n) is 4.53. The molecular formula is C12H17N3O2. The van der Waals surface area contributed by atoms with Crippen LogP contribution in [0.4, 0.5) is 0 Å². The molecule has 1 fully saturated rings. The summed E-state index contributed by atoms with van der Waals surface area (Å²) in [4.78, 5) is 21.7. The van der Waals surface area contributed by atoms with E-state index < -0.39 is 0 Å². The zero-order chi connectivity index (χ0) is 12.4. The van der Waals surface area contributed by atoms with Crippen molar-refractivity contribution in [3.63, 3.8) is 0 Å². The molecule has 2 unspecified atom stereocenters. The van der Waals surface area contributed by atoms with Gasteiger partial charge in [-0.15, -0.1) is 0 Å². The first-order valence-corrected chi connectivity index (χ1v) is 5.84. The van der Waals surface area contributed by atoms with Gasteiger partial charge in [-0.3, -0.25) is 4.79 Å². The molecule has 2 heterocycles. The number of hydrogen-bond donors (Lipinski definition) is 0. The van der Waals surface area contributed by atoms with Crippen molar-refractivity contribution in [1.82, 2.24) is 14.9 Å². The second-order valence-corrected chi connectivity index (χ2v) is 4.53. The minimum atomic E-state index is -0.160. The zero-order valence-corrected chi connectivity index (χ0v) is 10.3. The minimum absolute atomic E-state index is 0.0614. The van der Waals surface area contributed by atoms with E-state index >= 15 is 0 Å². The van der Waals surface area contributed by atoms with Crippen LogP contribution in [0.1, 0.15) is 27.2 Å². The van der Waals surface area contributed by atoms with Crippen LogP contribution in [0.25, 0.3) is 0 Å². The summed E-state index contributed by atoms with van der Waals surface area (Å²) in [7, 11) is 0. The quantitative estimate of drug-likeness (QED) is 0.791. The summed E-state index contributed by atoms with van der Waals surface area (Å²) in [5.41, 5.74) is 0. The van der Waals surface area contributed by atoms with Gasteiger partial charge in [0.05, 0.1) is 12.5 Å². The lowest BCUT2D eigenvalue weighted by molar-refractivity contribution is -0.130. The van der Waals surface area contributed by atoms with Crippen molar-refractivity contribution in [1.29, 1.82) is 0 Å². The average molecular weight is 235 g/mol. The van der Waals surface area contributed by atoms with E-state index in [0.717, 1.165) is 0 Å². The maximum atomic E-state index is 11.8. The highest BCUT2D eigenvalue weighted by molar-refractivity contribution is 5.80. The lowest BCUT2D eigenvalue weighted by atomic mass is 10.2. The number of likely N-dealkylation sites (tertiary alicyclic amines) is 1. The normalized spacial score (nSPS) is 24.5. The van der Waals surface area contributed by atoms with Crippen LogP contribution in [0.5, 0.6) is 6.01 Å². The Morgan fingerprint density at radius 3 is 2.59 bits per heavy atom. The molecule has 0 saturated carbocycles. The molecule has 2 rings (SSSR count). The highest BCUT2D eigenvalue weighted by Crippen LogP contribution is 2.24. The number of carbonyl (C=O) groups is 1. The van der Waals surface area contributed by atoms with Crippen molar-refractivity contribution in [3.8, 4) is 6.01 Å². The summed E-state index contributed by atoms with van der Waals surface area (Å²) in [6.07, 6.45) is 3.50. The second kappa shape index (κ2) is 4.69. The van der Waals surface area contributed by atoms with Crippen LogP contribution in [-0.2, 0) is 4.79 Å². The maximum absolute atomic E-state index is 11.8. The predicted molar refractivity (Wildman–Crippen MR) is 62.5 cm³/mol. The van der Waals surface area contributed by atoms with E-state index in [0.29, 0.717) is 12.4 Å². The molecular weight excluding hydrogens is 218 g/mol. The van der Waals surface area contributed by atoms with Gasteiger partial charge in [-0.2, -0.15) is 0 Å². The molecule has 5 heteroatoms. The van der Waals surface area contributed by atoms with Gasteiger partial charge in [0.1, 0.15) is 6.10 Å². The van der Waals surface area contributed by atoms with Crippen molar-refractivity contribution in [2.45, 2.75) is 45.4 Å². The number of amides is 1. The third-order valence-corrected chi connectivity index (χ3v) is 3.00. The van der Waals surface area contributed by atoms with Gasteiger partial charge in [0, 0.05) is 18.4 Å². The average Bonchev–Trinajstić information content (AvgIpc) is 2.55. The molecule has 0 radical (unpaired) electrons. The summed E-state index contributed by atoms with van der Waals surface area (Å²) in [6, 6.07) is 2.33. The fourth-order valence-electron chi connectivity index (χ4n) is 2.23. The molecule has 17 heavy (non-hydrogen) atoms. The van der Waals surface area contributed by atoms with Crippen LogP contribution >= 0.6 is 0 Å². The number of aromatic nitrogens is 2. The van der Waals surface area contributed by atoms with Crippen molar-refractivity contribution < 1.29 is 9.53 Å². The van der Waals surface area contributed by atoms with Crippen LogP contribution in [0, 0.1) is 0 Å². The molecule has 0 aliphatic carbocycles. The van der Waals surface area contributed by atoms with Crippen molar-refractivity contribution in [2.75, 3.05) is 0 Å². The van der Waals surface area contributed by atoms with Gasteiger partial charge >= 0.3 is 6.01 Å². The van der Waals surface area contributed by atoms with Gasteiger partial charge < -0.3 is 9.64 Å². The first-order valence-electron chi connectivity index (χ1n) is 5.84. The molecule has 1 aliphatic rings. The first-order chi connectivity index (χ1) is 8.09. The Morgan fingerprint density at radius 2 is 2.06 bits per heavy atom. The van der Waals surface area contributed by atoms with E-state index in [2.05, 4.69) is 9.97 Å². The number of ether oxygens (including phenoxy) is 1. The monoisotopic (exact) mass is 235 g/mol. The summed E-state index contributed by atoms with van der Waals surface area (Å²) >= 11 is 0. The van der Waals surface area contributed by atoms with Crippen LogP contribution in [0.2, 0.25) is 0 Å². The van der Waals surface area contributed by atoms with Gasteiger partial charge in [0.15, 0.2) is 0 Å². The molecule has 2 atom stereocenters. The van der Waals surface area contributed by atoms with E-state index in [1.54, 1.807) is 18.5 Å². The van der Waals surface area contributed by atoms with Crippen molar-refractivity contribution in [2.24, 2.45) is 0 Å². The van der Waals surface area contributed by atoms with Gasteiger partial charge in [0.2, 0.25) is 5.91 Å². The molecule has 1 saturated heterocycles. The number of nitrogens with zero attached hydrogens (tertiary/aromatic N) is 3. The number of hydrogen-bond acceptors (Lipinski definition) is 4. The Morgan fingerprint density at radius 1 is 1.41 bits per heavy atom. The van der Waals surface area contributed by atoms with Crippen LogP contribution in [0.3, 0.4) is 0 Å².